The van der Waals surface area contributed by atoms with Gasteiger partial charge in [-0.1, -0.05) is 36.8 Å². The standard InChI is InChI=1S/C22H26N4O3S/c1-3-14-25-19-8-5-4-7-18(19)23-22(25)24-21(27)20-9-6-15-26(20)30(28,29)17-12-10-16(2)11-13-17/h4-5,7-8,10-13,20H,3,6,9,14-15H2,1-2H3,(H,23,24,27). The fourth-order valence-corrected chi connectivity index (χ4v) is 5.61. The van der Waals surface area contributed by atoms with Crippen molar-refractivity contribution in [2.75, 3.05) is 11.9 Å². The normalized spacial score (nSPS) is 17.5. The Bertz CT molecular complexity index is 1170. The second-order valence-electron chi connectivity index (χ2n) is 7.65. The third-order valence-electron chi connectivity index (χ3n) is 5.47. The molecule has 8 heteroatoms. The number of sulfonamides is 1. The first kappa shape index (κ1) is 20.6. The van der Waals surface area contributed by atoms with E-state index in [4.69, 9.17) is 0 Å². The number of aromatic nitrogens is 2. The van der Waals surface area contributed by atoms with Crippen molar-refractivity contribution in [3.8, 4) is 0 Å². The number of carbonyl (C=O) groups excluding carboxylic acids is 1. The van der Waals surface area contributed by atoms with Gasteiger partial charge in [0.1, 0.15) is 6.04 Å². The summed E-state index contributed by atoms with van der Waals surface area (Å²) in [6, 6.07) is 13.7. The van der Waals surface area contributed by atoms with Crippen molar-refractivity contribution in [2.24, 2.45) is 0 Å². The molecular formula is C22H26N4O3S. The Kier molecular flexibility index (Phi) is 5.62. The van der Waals surface area contributed by atoms with E-state index in [0.717, 1.165) is 23.0 Å². The number of carbonyl (C=O) groups is 1. The predicted molar refractivity (Wildman–Crippen MR) is 117 cm³/mol. The molecular weight excluding hydrogens is 400 g/mol. The first-order valence-electron chi connectivity index (χ1n) is 10.3. The highest BCUT2D eigenvalue weighted by molar-refractivity contribution is 7.89. The van der Waals surface area contributed by atoms with Crippen molar-refractivity contribution in [3.63, 3.8) is 0 Å². The van der Waals surface area contributed by atoms with E-state index in [1.807, 2.05) is 35.8 Å². The summed E-state index contributed by atoms with van der Waals surface area (Å²) in [4.78, 5) is 17.9. The monoisotopic (exact) mass is 426 g/mol. The molecule has 1 aliphatic rings. The maximum Gasteiger partial charge on any atom is 0.245 e. The lowest BCUT2D eigenvalue weighted by atomic mass is 10.2. The first-order chi connectivity index (χ1) is 14.4. The Hall–Kier alpha value is -2.71. The molecule has 1 unspecified atom stereocenters. The summed E-state index contributed by atoms with van der Waals surface area (Å²) >= 11 is 0. The lowest BCUT2D eigenvalue weighted by Crippen LogP contribution is -2.43. The highest BCUT2D eigenvalue weighted by Crippen LogP contribution is 2.28. The third-order valence-corrected chi connectivity index (χ3v) is 7.39. The van der Waals surface area contributed by atoms with Crippen LogP contribution in [0, 0.1) is 6.92 Å². The van der Waals surface area contributed by atoms with Gasteiger partial charge in [-0.25, -0.2) is 13.4 Å². The molecule has 2 heterocycles. The van der Waals surface area contributed by atoms with Crippen molar-refractivity contribution >= 4 is 32.9 Å². The summed E-state index contributed by atoms with van der Waals surface area (Å²) in [5, 5.41) is 2.90. The van der Waals surface area contributed by atoms with Crippen LogP contribution in [0.25, 0.3) is 11.0 Å². The van der Waals surface area contributed by atoms with E-state index in [1.165, 1.54) is 4.31 Å². The van der Waals surface area contributed by atoms with E-state index >= 15 is 0 Å². The number of fused-ring (bicyclic) bond motifs is 1. The number of benzene rings is 2. The zero-order valence-electron chi connectivity index (χ0n) is 17.2. The quantitative estimate of drug-likeness (QED) is 0.653. The van der Waals surface area contributed by atoms with Crippen LogP contribution >= 0.6 is 0 Å². The van der Waals surface area contributed by atoms with E-state index in [9.17, 15) is 13.2 Å². The van der Waals surface area contributed by atoms with Crippen LogP contribution in [0.15, 0.2) is 53.4 Å². The van der Waals surface area contributed by atoms with Crippen LogP contribution in [-0.4, -0.2) is 40.8 Å². The Labute approximate surface area is 176 Å². The summed E-state index contributed by atoms with van der Waals surface area (Å²) in [5.41, 5.74) is 2.74. The van der Waals surface area contributed by atoms with Crippen molar-refractivity contribution in [2.45, 2.75) is 50.6 Å². The fourth-order valence-electron chi connectivity index (χ4n) is 3.95. The molecule has 4 rings (SSSR count). The Morgan fingerprint density at radius 2 is 1.90 bits per heavy atom. The topological polar surface area (TPSA) is 84.3 Å². The molecule has 1 atom stereocenters. The summed E-state index contributed by atoms with van der Waals surface area (Å²) in [6.07, 6.45) is 2.03. The largest absolute Gasteiger partial charge is 0.310 e. The molecule has 2 aromatic carbocycles. The van der Waals surface area contributed by atoms with E-state index in [-0.39, 0.29) is 10.8 Å². The van der Waals surface area contributed by atoms with E-state index in [0.29, 0.717) is 31.9 Å². The molecule has 1 aliphatic heterocycles. The lowest BCUT2D eigenvalue weighted by molar-refractivity contribution is -0.119. The van der Waals surface area contributed by atoms with Gasteiger partial charge in [0.25, 0.3) is 0 Å². The van der Waals surface area contributed by atoms with E-state index < -0.39 is 16.1 Å². The minimum absolute atomic E-state index is 0.214. The molecule has 158 valence electrons. The maximum absolute atomic E-state index is 13.1. The molecule has 7 nitrogen and oxygen atoms in total. The van der Waals surface area contributed by atoms with Gasteiger partial charge >= 0.3 is 0 Å². The highest BCUT2D eigenvalue weighted by atomic mass is 32.2. The highest BCUT2D eigenvalue weighted by Gasteiger charge is 2.39. The average molecular weight is 427 g/mol. The molecule has 1 N–H and O–H groups in total. The molecule has 0 aliphatic carbocycles. The van der Waals surface area contributed by atoms with Crippen LogP contribution in [0.3, 0.4) is 0 Å². The number of nitrogens with one attached hydrogen (secondary N) is 1. The van der Waals surface area contributed by atoms with E-state index in [2.05, 4.69) is 17.2 Å². The zero-order chi connectivity index (χ0) is 21.3. The van der Waals surface area contributed by atoms with Crippen LogP contribution < -0.4 is 5.32 Å². The molecule has 1 saturated heterocycles. The van der Waals surface area contributed by atoms with Gasteiger partial charge in [0.05, 0.1) is 15.9 Å². The summed E-state index contributed by atoms with van der Waals surface area (Å²) in [6.45, 7) is 5.02. The number of hydrogen-bond acceptors (Lipinski definition) is 4. The van der Waals surface area contributed by atoms with Gasteiger partial charge in [-0.3, -0.25) is 10.1 Å². The molecule has 0 bridgehead atoms. The summed E-state index contributed by atoms with van der Waals surface area (Å²) in [7, 11) is -3.74. The Morgan fingerprint density at radius 3 is 2.63 bits per heavy atom. The molecule has 1 fully saturated rings. The number of rotatable bonds is 6. The summed E-state index contributed by atoms with van der Waals surface area (Å²) < 4.78 is 29.6. The van der Waals surface area contributed by atoms with Crippen molar-refractivity contribution in [1.29, 1.82) is 0 Å². The van der Waals surface area contributed by atoms with Crippen molar-refractivity contribution in [3.05, 3.63) is 54.1 Å². The molecule has 0 radical (unpaired) electrons. The number of imidazole rings is 1. The number of anilines is 1. The van der Waals surface area contributed by atoms with Crippen LogP contribution in [-0.2, 0) is 21.4 Å². The summed E-state index contributed by atoms with van der Waals surface area (Å²) in [5.74, 6) is 0.124. The fraction of sp³-hybridized carbons (Fsp3) is 0.364. The Balaban J connectivity index is 1.61. The average Bonchev–Trinajstić information content (AvgIpc) is 3.35. The van der Waals surface area contributed by atoms with Gasteiger partial charge in [-0.15, -0.1) is 0 Å². The minimum atomic E-state index is -3.74. The molecule has 30 heavy (non-hydrogen) atoms. The number of nitrogens with zero attached hydrogens (tertiary/aromatic N) is 3. The lowest BCUT2D eigenvalue weighted by Gasteiger charge is -2.23. The maximum atomic E-state index is 13.1. The van der Waals surface area contributed by atoms with E-state index in [1.54, 1.807) is 24.3 Å². The second-order valence-corrected chi connectivity index (χ2v) is 9.54. The SMILES string of the molecule is CCCn1c(NC(=O)C2CCCN2S(=O)(=O)c2ccc(C)cc2)nc2ccccc21. The molecule has 3 aromatic rings. The molecule has 0 saturated carbocycles. The van der Waals surface area contributed by atoms with Crippen molar-refractivity contribution in [1.82, 2.24) is 13.9 Å². The number of amides is 1. The van der Waals surface area contributed by atoms with Gasteiger partial charge in [-0.05, 0) is 50.5 Å². The van der Waals surface area contributed by atoms with Crippen LogP contribution in [0.5, 0.6) is 0 Å². The first-order valence-corrected chi connectivity index (χ1v) is 11.7. The number of hydrogen-bond donors (Lipinski definition) is 1. The minimum Gasteiger partial charge on any atom is -0.310 e. The second kappa shape index (κ2) is 8.20. The Morgan fingerprint density at radius 1 is 1.17 bits per heavy atom. The van der Waals surface area contributed by atoms with Gasteiger partial charge in [0.15, 0.2) is 0 Å². The third kappa shape index (κ3) is 3.73. The number of para-hydroxylation sites is 2. The van der Waals surface area contributed by atoms with Crippen molar-refractivity contribution < 1.29 is 13.2 Å². The molecule has 1 aromatic heterocycles. The number of aryl methyl sites for hydroxylation is 2. The van der Waals surface area contributed by atoms with Crippen LogP contribution in [0.4, 0.5) is 5.95 Å². The smallest absolute Gasteiger partial charge is 0.245 e. The predicted octanol–water partition coefficient (Wildman–Crippen LogP) is 3.55. The van der Waals surface area contributed by atoms with Gasteiger partial charge in [0, 0.05) is 13.1 Å². The zero-order valence-corrected chi connectivity index (χ0v) is 18.0. The van der Waals surface area contributed by atoms with Crippen LogP contribution in [0.1, 0.15) is 31.7 Å². The van der Waals surface area contributed by atoms with Gasteiger partial charge < -0.3 is 4.57 Å². The van der Waals surface area contributed by atoms with Crippen LogP contribution in [0.2, 0.25) is 0 Å². The molecule has 0 spiro atoms. The van der Waals surface area contributed by atoms with Gasteiger partial charge in [0.2, 0.25) is 21.9 Å². The molecule has 1 amide bonds. The van der Waals surface area contributed by atoms with Gasteiger partial charge in [-0.2, -0.15) is 4.31 Å².